The number of nitro benzene ring substituents is 1. The van der Waals surface area contributed by atoms with Gasteiger partial charge in [0, 0.05) is 18.7 Å². The molecule has 0 aliphatic heterocycles. The van der Waals surface area contributed by atoms with Crippen molar-refractivity contribution in [1.82, 2.24) is 4.31 Å². The molecule has 0 aliphatic rings. The van der Waals surface area contributed by atoms with Gasteiger partial charge in [-0.1, -0.05) is 18.2 Å². The van der Waals surface area contributed by atoms with E-state index in [4.69, 9.17) is 0 Å². The predicted octanol–water partition coefficient (Wildman–Crippen LogP) is 0.920. The highest BCUT2D eigenvalue weighted by Gasteiger charge is 2.25. The number of ether oxygens (including phenoxy) is 1. The molecule has 0 N–H and O–H groups in total. The first-order chi connectivity index (χ1) is 9.77. The van der Waals surface area contributed by atoms with Crippen LogP contribution < -0.4 is 0 Å². The van der Waals surface area contributed by atoms with E-state index in [-0.39, 0.29) is 17.9 Å². The minimum atomic E-state index is -3.85. The Morgan fingerprint density at radius 3 is 2.57 bits per heavy atom. The van der Waals surface area contributed by atoms with Gasteiger partial charge in [-0.15, -0.1) is 0 Å². The number of hydrogen-bond acceptors (Lipinski definition) is 6. The summed E-state index contributed by atoms with van der Waals surface area (Å²) in [5.74, 6) is -1.23. The molecule has 0 spiro atoms. The number of rotatable bonds is 7. The number of benzene rings is 1. The summed E-state index contributed by atoms with van der Waals surface area (Å²) >= 11 is 0. The average Bonchev–Trinajstić information content (AvgIpc) is 2.38. The van der Waals surface area contributed by atoms with Crippen molar-refractivity contribution in [3.63, 3.8) is 0 Å². The van der Waals surface area contributed by atoms with Crippen LogP contribution in [0, 0.1) is 10.1 Å². The molecule has 0 heterocycles. The maximum atomic E-state index is 12.1. The minimum Gasteiger partial charge on any atom is -0.465 e. The van der Waals surface area contributed by atoms with E-state index in [2.05, 4.69) is 4.74 Å². The van der Waals surface area contributed by atoms with Crippen molar-refractivity contribution in [2.45, 2.75) is 12.7 Å². The molecule has 9 heteroatoms. The first-order valence-electron chi connectivity index (χ1n) is 6.10. The standard InChI is InChI=1S/C12H16N2O6S/c1-3-20-12(15)8-13(2)21(18,19)9-10-6-4-5-7-11(10)14(16)17/h4-7H,3,8-9H2,1-2H3. The zero-order valence-corrected chi connectivity index (χ0v) is 12.5. The summed E-state index contributed by atoms with van der Waals surface area (Å²) in [7, 11) is -2.63. The number of nitrogens with zero attached hydrogens (tertiary/aromatic N) is 2. The van der Waals surface area contributed by atoms with Crippen LogP contribution in [0.2, 0.25) is 0 Å². The van der Waals surface area contributed by atoms with Crippen LogP contribution in [0.4, 0.5) is 5.69 Å². The highest BCUT2D eigenvalue weighted by atomic mass is 32.2. The van der Waals surface area contributed by atoms with Crippen molar-refractivity contribution >= 4 is 21.7 Å². The quantitative estimate of drug-likeness (QED) is 0.420. The molecule has 1 aromatic rings. The van der Waals surface area contributed by atoms with Gasteiger partial charge in [-0.2, -0.15) is 4.31 Å². The summed E-state index contributed by atoms with van der Waals surface area (Å²) in [6, 6.07) is 5.57. The Labute approximate surface area is 122 Å². The number of sulfonamides is 1. The molecule has 0 saturated carbocycles. The first kappa shape index (κ1) is 17.1. The highest BCUT2D eigenvalue weighted by molar-refractivity contribution is 7.88. The topological polar surface area (TPSA) is 107 Å². The number of carbonyl (C=O) groups excluding carboxylic acids is 1. The molecule has 0 bridgehead atoms. The van der Waals surface area contributed by atoms with Gasteiger partial charge in [-0.25, -0.2) is 8.42 Å². The van der Waals surface area contributed by atoms with Gasteiger partial charge in [-0.3, -0.25) is 14.9 Å². The van der Waals surface area contributed by atoms with Crippen LogP contribution in [0.1, 0.15) is 12.5 Å². The summed E-state index contributed by atoms with van der Waals surface area (Å²) in [4.78, 5) is 21.5. The number of nitro groups is 1. The zero-order valence-electron chi connectivity index (χ0n) is 11.7. The van der Waals surface area contributed by atoms with Crippen LogP contribution in [0.15, 0.2) is 24.3 Å². The van der Waals surface area contributed by atoms with Gasteiger partial charge in [0.25, 0.3) is 5.69 Å². The Morgan fingerprint density at radius 2 is 2.00 bits per heavy atom. The molecule has 0 fully saturated rings. The van der Waals surface area contributed by atoms with Crippen LogP contribution in [-0.2, 0) is 25.3 Å². The average molecular weight is 316 g/mol. The fourth-order valence-corrected chi connectivity index (χ4v) is 2.76. The lowest BCUT2D eigenvalue weighted by Crippen LogP contribution is -2.34. The van der Waals surface area contributed by atoms with Crippen molar-refractivity contribution in [2.75, 3.05) is 20.2 Å². The number of para-hydroxylation sites is 1. The van der Waals surface area contributed by atoms with Crippen LogP contribution in [0.3, 0.4) is 0 Å². The maximum absolute atomic E-state index is 12.1. The second-order valence-electron chi connectivity index (χ2n) is 4.20. The van der Waals surface area contributed by atoms with E-state index in [0.717, 1.165) is 4.31 Å². The van der Waals surface area contributed by atoms with Gasteiger partial charge >= 0.3 is 5.97 Å². The third kappa shape index (κ3) is 4.80. The lowest BCUT2D eigenvalue weighted by molar-refractivity contribution is -0.385. The number of hydrogen-bond donors (Lipinski definition) is 0. The van der Waals surface area contributed by atoms with Crippen molar-refractivity contribution in [3.05, 3.63) is 39.9 Å². The van der Waals surface area contributed by atoms with Gasteiger partial charge in [0.2, 0.25) is 10.0 Å². The number of carbonyl (C=O) groups is 1. The van der Waals surface area contributed by atoms with Gasteiger partial charge in [0.05, 0.1) is 17.3 Å². The third-order valence-corrected chi connectivity index (χ3v) is 4.41. The smallest absolute Gasteiger partial charge is 0.321 e. The minimum absolute atomic E-state index is 0.0678. The molecule has 0 saturated heterocycles. The molecular weight excluding hydrogens is 300 g/mol. The van der Waals surface area contributed by atoms with E-state index in [0.29, 0.717) is 0 Å². The molecular formula is C12H16N2O6S. The van der Waals surface area contributed by atoms with Gasteiger partial charge in [-0.05, 0) is 6.92 Å². The Balaban J connectivity index is 2.90. The molecule has 0 atom stereocenters. The Morgan fingerprint density at radius 1 is 1.38 bits per heavy atom. The summed E-state index contributed by atoms with van der Waals surface area (Å²) in [6.45, 7) is 1.33. The summed E-state index contributed by atoms with van der Waals surface area (Å²) < 4.78 is 29.7. The predicted molar refractivity (Wildman–Crippen MR) is 75.0 cm³/mol. The fraction of sp³-hybridized carbons (Fsp3) is 0.417. The van der Waals surface area contributed by atoms with E-state index in [1.165, 1.54) is 31.3 Å². The van der Waals surface area contributed by atoms with Gasteiger partial charge in [0.1, 0.15) is 6.54 Å². The molecule has 0 amide bonds. The highest BCUT2D eigenvalue weighted by Crippen LogP contribution is 2.21. The summed E-state index contributed by atoms with van der Waals surface area (Å²) in [5, 5.41) is 10.9. The van der Waals surface area contributed by atoms with Crippen molar-refractivity contribution < 1.29 is 22.9 Å². The van der Waals surface area contributed by atoms with Crippen LogP contribution in [0.25, 0.3) is 0 Å². The van der Waals surface area contributed by atoms with E-state index < -0.39 is 33.2 Å². The maximum Gasteiger partial charge on any atom is 0.321 e. The van der Waals surface area contributed by atoms with Crippen molar-refractivity contribution in [3.8, 4) is 0 Å². The lowest BCUT2D eigenvalue weighted by atomic mass is 10.2. The Kier molecular flexibility index (Phi) is 5.79. The monoisotopic (exact) mass is 316 g/mol. The molecule has 1 rings (SSSR count). The lowest BCUT2D eigenvalue weighted by Gasteiger charge is -2.16. The van der Waals surface area contributed by atoms with Crippen LogP contribution in [0.5, 0.6) is 0 Å². The molecule has 116 valence electrons. The van der Waals surface area contributed by atoms with Crippen LogP contribution >= 0.6 is 0 Å². The van der Waals surface area contributed by atoms with Gasteiger partial charge < -0.3 is 4.74 Å². The second-order valence-corrected chi connectivity index (χ2v) is 6.28. The van der Waals surface area contributed by atoms with E-state index >= 15 is 0 Å². The van der Waals surface area contributed by atoms with E-state index in [1.807, 2.05) is 0 Å². The normalized spacial score (nSPS) is 11.4. The van der Waals surface area contributed by atoms with E-state index in [1.54, 1.807) is 6.92 Å². The second kappa shape index (κ2) is 7.14. The number of likely N-dealkylation sites (N-methyl/N-ethyl adjacent to an activating group) is 1. The molecule has 21 heavy (non-hydrogen) atoms. The Bertz CT molecular complexity index is 628. The van der Waals surface area contributed by atoms with Crippen molar-refractivity contribution in [1.29, 1.82) is 0 Å². The summed E-state index contributed by atoms with van der Waals surface area (Å²) in [6.07, 6.45) is 0. The van der Waals surface area contributed by atoms with Crippen molar-refractivity contribution in [2.24, 2.45) is 0 Å². The van der Waals surface area contributed by atoms with Gasteiger partial charge in [0.15, 0.2) is 0 Å². The summed E-state index contributed by atoms with van der Waals surface area (Å²) in [5.41, 5.74) is -0.205. The molecule has 0 aromatic heterocycles. The molecule has 0 unspecified atom stereocenters. The zero-order chi connectivity index (χ0) is 16.0. The molecule has 1 aromatic carbocycles. The molecule has 8 nitrogen and oxygen atoms in total. The number of esters is 1. The third-order valence-electron chi connectivity index (χ3n) is 2.66. The Hall–Kier alpha value is -2.00. The molecule has 0 aliphatic carbocycles. The first-order valence-corrected chi connectivity index (χ1v) is 7.70. The van der Waals surface area contributed by atoms with Crippen LogP contribution in [-0.4, -0.2) is 43.8 Å². The fourth-order valence-electron chi connectivity index (χ4n) is 1.60. The molecule has 0 radical (unpaired) electrons. The van der Waals surface area contributed by atoms with E-state index in [9.17, 15) is 23.3 Å². The largest absolute Gasteiger partial charge is 0.465 e. The SMILES string of the molecule is CCOC(=O)CN(C)S(=O)(=O)Cc1ccccc1[N+](=O)[O-].